The molecule has 2 aliphatic rings. The minimum absolute atomic E-state index is 0.0384. The van der Waals surface area contributed by atoms with Crippen LogP contribution in [0.15, 0.2) is 24.3 Å². The Morgan fingerprint density at radius 3 is 2.84 bits per heavy atom. The SMILES string of the molecule is C[C@H](O)[C@H]1CCN(C(=O)N[C@@H]2CCCN(c3ccccc3C#N)C2)C1. The number of benzene rings is 1. The van der Waals surface area contributed by atoms with E-state index in [0.29, 0.717) is 18.7 Å². The smallest absolute Gasteiger partial charge is 0.317 e. The lowest BCUT2D eigenvalue weighted by atomic mass is 10.0. The van der Waals surface area contributed by atoms with Crippen molar-refractivity contribution in [1.29, 1.82) is 5.26 Å². The second-order valence-corrected chi connectivity index (χ2v) is 7.10. The van der Waals surface area contributed by atoms with Gasteiger partial charge in [-0.25, -0.2) is 4.79 Å². The van der Waals surface area contributed by atoms with Crippen LogP contribution in [0.1, 0.15) is 31.7 Å². The minimum Gasteiger partial charge on any atom is -0.393 e. The zero-order valence-corrected chi connectivity index (χ0v) is 14.7. The number of aliphatic hydroxyl groups excluding tert-OH is 1. The third kappa shape index (κ3) is 4.05. The molecule has 2 fully saturated rings. The van der Waals surface area contributed by atoms with Crippen molar-refractivity contribution >= 4 is 11.7 Å². The summed E-state index contributed by atoms with van der Waals surface area (Å²) in [6.07, 6.45) is 2.42. The van der Waals surface area contributed by atoms with Gasteiger partial charge in [0.25, 0.3) is 0 Å². The average molecular weight is 342 g/mol. The molecule has 0 spiro atoms. The molecule has 0 bridgehead atoms. The van der Waals surface area contributed by atoms with Crippen molar-refractivity contribution in [2.45, 2.75) is 38.3 Å². The first kappa shape index (κ1) is 17.6. The molecule has 6 nitrogen and oxygen atoms in total. The number of aliphatic hydroxyl groups is 1. The van der Waals surface area contributed by atoms with Gasteiger partial charge in [-0.05, 0) is 38.3 Å². The molecule has 1 aromatic carbocycles. The summed E-state index contributed by atoms with van der Waals surface area (Å²) in [5, 5.41) is 22.1. The topological polar surface area (TPSA) is 79.6 Å². The van der Waals surface area contributed by atoms with Crippen molar-refractivity contribution in [2.24, 2.45) is 5.92 Å². The van der Waals surface area contributed by atoms with Crippen LogP contribution in [0.5, 0.6) is 0 Å². The summed E-state index contributed by atoms with van der Waals surface area (Å²) in [6.45, 7) is 4.74. The fraction of sp³-hybridized carbons (Fsp3) is 0.579. The first-order valence-corrected chi connectivity index (χ1v) is 9.06. The second kappa shape index (κ2) is 7.75. The number of nitrogens with zero attached hydrogens (tertiary/aromatic N) is 3. The second-order valence-electron chi connectivity index (χ2n) is 7.10. The molecule has 0 radical (unpaired) electrons. The monoisotopic (exact) mass is 342 g/mol. The molecule has 2 amide bonds. The number of hydrogen-bond donors (Lipinski definition) is 2. The van der Waals surface area contributed by atoms with E-state index in [4.69, 9.17) is 0 Å². The molecule has 1 aromatic rings. The van der Waals surface area contributed by atoms with Gasteiger partial charge in [-0.3, -0.25) is 0 Å². The van der Waals surface area contributed by atoms with Crippen LogP contribution in [0.4, 0.5) is 10.5 Å². The number of nitriles is 1. The molecule has 3 rings (SSSR count). The predicted molar refractivity (Wildman–Crippen MR) is 96.3 cm³/mol. The summed E-state index contributed by atoms with van der Waals surface area (Å²) in [4.78, 5) is 16.5. The molecule has 3 atom stereocenters. The van der Waals surface area contributed by atoms with Gasteiger partial charge in [-0.2, -0.15) is 5.26 Å². The maximum atomic E-state index is 12.5. The number of hydrogen-bond acceptors (Lipinski definition) is 4. The van der Waals surface area contributed by atoms with Gasteiger partial charge in [0, 0.05) is 38.1 Å². The van der Waals surface area contributed by atoms with E-state index < -0.39 is 0 Å². The van der Waals surface area contributed by atoms with E-state index in [1.54, 1.807) is 11.8 Å². The number of carbonyl (C=O) groups excluding carboxylic acids is 1. The molecular weight excluding hydrogens is 316 g/mol. The highest BCUT2D eigenvalue weighted by Crippen LogP contribution is 2.24. The van der Waals surface area contributed by atoms with Crippen LogP contribution in [-0.4, -0.2) is 54.4 Å². The van der Waals surface area contributed by atoms with E-state index in [0.717, 1.165) is 38.0 Å². The molecule has 0 unspecified atom stereocenters. The molecule has 134 valence electrons. The molecule has 6 heteroatoms. The third-order valence-corrected chi connectivity index (χ3v) is 5.31. The number of nitrogens with one attached hydrogen (secondary N) is 1. The molecule has 0 saturated carbocycles. The number of para-hydroxylation sites is 1. The van der Waals surface area contributed by atoms with Crippen molar-refractivity contribution in [3.05, 3.63) is 29.8 Å². The van der Waals surface area contributed by atoms with Gasteiger partial charge in [0.05, 0.1) is 17.4 Å². The van der Waals surface area contributed by atoms with Gasteiger partial charge in [0.1, 0.15) is 6.07 Å². The lowest BCUT2D eigenvalue weighted by molar-refractivity contribution is 0.129. The predicted octanol–water partition coefficient (Wildman–Crippen LogP) is 1.94. The number of rotatable bonds is 3. The van der Waals surface area contributed by atoms with E-state index in [2.05, 4.69) is 16.3 Å². The average Bonchev–Trinajstić information content (AvgIpc) is 3.12. The summed E-state index contributed by atoms with van der Waals surface area (Å²) in [7, 11) is 0. The highest BCUT2D eigenvalue weighted by molar-refractivity contribution is 5.75. The Hall–Kier alpha value is -2.26. The summed E-state index contributed by atoms with van der Waals surface area (Å²) in [6, 6.07) is 9.91. The maximum Gasteiger partial charge on any atom is 0.317 e. The van der Waals surface area contributed by atoms with Crippen molar-refractivity contribution < 1.29 is 9.90 Å². The fourth-order valence-corrected chi connectivity index (χ4v) is 3.79. The third-order valence-electron chi connectivity index (χ3n) is 5.31. The largest absolute Gasteiger partial charge is 0.393 e. The molecule has 2 N–H and O–H groups in total. The van der Waals surface area contributed by atoms with Crippen LogP contribution in [-0.2, 0) is 0 Å². The van der Waals surface area contributed by atoms with Crippen LogP contribution in [0.2, 0.25) is 0 Å². The Morgan fingerprint density at radius 1 is 1.32 bits per heavy atom. The minimum atomic E-state index is -0.370. The van der Waals surface area contributed by atoms with Crippen LogP contribution < -0.4 is 10.2 Å². The number of anilines is 1. The standard InChI is InChI=1S/C19H26N4O2/c1-14(24)16-8-10-23(12-16)19(25)21-17-6-4-9-22(13-17)18-7-3-2-5-15(18)11-20/h2-3,5,7,14,16-17,24H,4,6,8-10,12-13H2,1H3,(H,21,25)/t14-,16-,17+/m0/s1. The summed E-state index contributed by atoms with van der Waals surface area (Å²) < 4.78 is 0. The number of carbonyl (C=O) groups is 1. The van der Waals surface area contributed by atoms with Crippen LogP contribution in [0.25, 0.3) is 0 Å². The Balaban J connectivity index is 1.59. The molecular formula is C19H26N4O2. The Morgan fingerprint density at radius 2 is 2.12 bits per heavy atom. The van der Waals surface area contributed by atoms with Crippen molar-refractivity contribution in [1.82, 2.24) is 10.2 Å². The Labute approximate surface area is 149 Å². The lowest BCUT2D eigenvalue weighted by Crippen LogP contribution is -2.51. The molecule has 2 aliphatic heterocycles. The molecule has 2 heterocycles. The van der Waals surface area contributed by atoms with E-state index in [9.17, 15) is 15.2 Å². The zero-order chi connectivity index (χ0) is 17.8. The molecule has 25 heavy (non-hydrogen) atoms. The molecule has 2 saturated heterocycles. The van der Waals surface area contributed by atoms with Crippen LogP contribution in [0, 0.1) is 17.2 Å². The van der Waals surface area contributed by atoms with Gasteiger partial charge in [-0.1, -0.05) is 12.1 Å². The molecule has 0 aromatic heterocycles. The Bertz CT molecular complexity index is 655. The van der Waals surface area contributed by atoms with Crippen LogP contribution >= 0.6 is 0 Å². The first-order chi connectivity index (χ1) is 12.1. The quantitative estimate of drug-likeness (QED) is 0.880. The van der Waals surface area contributed by atoms with Crippen molar-refractivity contribution in [2.75, 3.05) is 31.1 Å². The van der Waals surface area contributed by atoms with E-state index in [1.807, 2.05) is 24.3 Å². The van der Waals surface area contributed by atoms with Crippen molar-refractivity contribution in [3.8, 4) is 6.07 Å². The van der Waals surface area contributed by atoms with E-state index in [-0.39, 0.29) is 24.1 Å². The number of piperidine rings is 1. The van der Waals surface area contributed by atoms with E-state index >= 15 is 0 Å². The van der Waals surface area contributed by atoms with Gasteiger partial charge in [-0.15, -0.1) is 0 Å². The van der Waals surface area contributed by atoms with Crippen LogP contribution in [0.3, 0.4) is 0 Å². The number of likely N-dealkylation sites (tertiary alicyclic amines) is 1. The van der Waals surface area contributed by atoms with Gasteiger partial charge >= 0.3 is 6.03 Å². The Kier molecular flexibility index (Phi) is 5.44. The van der Waals surface area contributed by atoms with E-state index in [1.165, 1.54) is 0 Å². The normalized spacial score (nSPS) is 24.7. The maximum absolute atomic E-state index is 12.5. The van der Waals surface area contributed by atoms with Gasteiger partial charge in [0.2, 0.25) is 0 Å². The van der Waals surface area contributed by atoms with Gasteiger partial charge in [0.15, 0.2) is 0 Å². The highest BCUT2D eigenvalue weighted by atomic mass is 16.3. The fourth-order valence-electron chi connectivity index (χ4n) is 3.79. The zero-order valence-electron chi connectivity index (χ0n) is 14.7. The highest BCUT2D eigenvalue weighted by Gasteiger charge is 2.31. The van der Waals surface area contributed by atoms with Crippen molar-refractivity contribution in [3.63, 3.8) is 0 Å². The summed E-state index contributed by atoms with van der Waals surface area (Å²) in [5.41, 5.74) is 1.62. The number of amides is 2. The molecule has 0 aliphatic carbocycles. The van der Waals surface area contributed by atoms with Gasteiger partial charge < -0.3 is 20.2 Å². The first-order valence-electron chi connectivity index (χ1n) is 9.06. The number of urea groups is 1. The summed E-state index contributed by atoms with van der Waals surface area (Å²) in [5.74, 6) is 0.177. The summed E-state index contributed by atoms with van der Waals surface area (Å²) >= 11 is 0. The lowest BCUT2D eigenvalue weighted by Gasteiger charge is -2.36.